The molecule has 0 aliphatic heterocycles. The minimum atomic E-state index is -0.537. The number of nitriles is 1. The molecule has 0 saturated carbocycles. The molecule has 0 fully saturated rings. The predicted octanol–water partition coefficient (Wildman–Crippen LogP) is 2.33. The lowest BCUT2D eigenvalue weighted by atomic mass is 9.96. The van der Waals surface area contributed by atoms with Crippen molar-refractivity contribution in [3.8, 4) is 6.07 Å². The number of nitrogens with zero attached hydrogens (tertiary/aromatic N) is 1. The van der Waals surface area contributed by atoms with Crippen molar-refractivity contribution in [2.75, 3.05) is 0 Å². The van der Waals surface area contributed by atoms with Crippen LogP contribution in [-0.2, 0) is 0 Å². The van der Waals surface area contributed by atoms with Crippen LogP contribution in [0.1, 0.15) is 13.3 Å². The van der Waals surface area contributed by atoms with Crippen LogP contribution in [-0.4, -0.2) is 0 Å². The van der Waals surface area contributed by atoms with Crippen LogP contribution in [0.2, 0.25) is 0 Å². The molecule has 0 N–H and O–H groups in total. The summed E-state index contributed by atoms with van der Waals surface area (Å²) >= 11 is 0. The van der Waals surface area contributed by atoms with Gasteiger partial charge in [0.05, 0.1) is 6.07 Å². The van der Waals surface area contributed by atoms with Crippen molar-refractivity contribution in [2.45, 2.75) is 13.3 Å². The van der Waals surface area contributed by atoms with E-state index in [1.54, 1.807) is 6.08 Å². The molecule has 1 unspecified atom stereocenters. The minimum Gasteiger partial charge on any atom is -0.210 e. The molecule has 1 rings (SSSR count). The fraction of sp³-hybridized carbons (Fsp3) is 0.375. The number of allylic oxidation sites excluding steroid dienone is 4. The second kappa shape index (κ2) is 2.66. The van der Waals surface area contributed by atoms with E-state index in [4.69, 9.17) is 5.26 Å². The third-order valence-corrected chi connectivity index (χ3v) is 1.54. The number of hydrogen-bond acceptors (Lipinski definition) is 1. The van der Waals surface area contributed by atoms with E-state index >= 15 is 0 Å². The minimum absolute atomic E-state index is 0.312. The van der Waals surface area contributed by atoms with Crippen LogP contribution in [0.3, 0.4) is 0 Å². The van der Waals surface area contributed by atoms with Gasteiger partial charge in [0, 0.05) is 0 Å². The summed E-state index contributed by atoms with van der Waals surface area (Å²) in [4.78, 5) is 0. The first-order valence-corrected chi connectivity index (χ1v) is 3.16. The third-order valence-electron chi connectivity index (χ3n) is 1.54. The fourth-order valence-corrected chi connectivity index (χ4v) is 0.933. The Kier molecular flexibility index (Phi) is 1.86. The highest BCUT2D eigenvalue weighted by atomic mass is 19.1. The average Bonchev–Trinajstić information content (AvgIpc) is 1.94. The normalized spacial score (nSPS) is 24.7. The summed E-state index contributed by atoms with van der Waals surface area (Å²) in [5, 5.41) is 8.42. The molecular weight excluding hydrogens is 129 g/mol. The molecule has 0 radical (unpaired) electrons. The Bertz CT molecular complexity index is 232. The summed E-state index contributed by atoms with van der Waals surface area (Å²) in [6.07, 6.45) is 3.62. The van der Waals surface area contributed by atoms with Crippen molar-refractivity contribution in [1.29, 1.82) is 5.26 Å². The Labute approximate surface area is 59.5 Å². The quantitative estimate of drug-likeness (QED) is 0.502. The Morgan fingerprint density at radius 2 is 2.40 bits per heavy atom. The van der Waals surface area contributed by atoms with E-state index in [2.05, 4.69) is 0 Å². The SMILES string of the molecule is CC1=CC=C(F)C(C#N)C1. The van der Waals surface area contributed by atoms with Gasteiger partial charge in [0.1, 0.15) is 11.7 Å². The van der Waals surface area contributed by atoms with Gasteiger partial charge in [-0.3, -0.25) is 0 Å². The summed E-state index contributed by atoms with van der Waals surface area (Å²) in [5.74, 6) is -0.849. The highest BCUT2D eigenvalue weighted by molar-refractivity contribution is 5.25. The highest BCUT2D eigenvalue weighted by Gasteiger charge is 2.16. The standard InChI is InChI=1S/C8H8FN/c1-6-2-3-8(9)7(4-6)5-10/h2-3,7H,4H2,1H3. The maximum atomic E-state index is 12.6. The van der Waals surface area contributed by atoms with Gasteiger partial charge in [-0.25, -0.2) is 4.39 Å². The van der Waals surface area contributed by atoms with Crippen molar-refractivity contribution in [1.82, 2.24) is 0 Å². The van der Waals surface area contributed by atoms with Crippen molar-refractivity contribution in [3.05, 3.63) is 23.6 Å². The van der Waals surface area contributed by atoms with Crippen molar-refractivity contribution >= 4 is 0 Å². The molecule has 0 bridgehead atoms. The maximum absolute atomic E-state index is 12.6. The van der Waals surface area contributed by atoms with Crippen LogP contribution < -0.4 is 0 Å². The first-order valence-electron chi connectivity index (χ1n) is 3.16. The highest BCUT2D eigenvalue weighted by Crippen LogP contribution is 2.24. The van der Waals surface area contributed by atoms with E-state index in [-0.39, 0.29) is 5.83 Å². The van der Waals surface area contributed by atoms with Crippen molar-refractivity contribution in [2.24, 2.45) is 5.92 Å². The van der Waals surface area contributed by atoms with Crippen LogP contribution in [0.25, 0.3) is 0 Å². The first-order chi connectivity index (χ1) is 4.74. The molecule has 0 aromatic heterocycles. The second-order valence-electron chi connectivity index (χ2n) is 2.45. The van der Waals surface area contributed by atoms with Gasteiger partial charge < -0.3 is 0 Å². The van der Waals surface area contributed by atoms with E-state index in [0.717, 1.165) is 5.57 Å². The molecule has 1 atom stereocenters. The summed E-state index contributed by atoms with van der Waals surface area (Å²) in [5.41, 5.74) is 1.06. The molecular formula is C8H8FN. The molecule has 10 heavy (non-hydrogen) atoms. The van der Waals surface area contributed by atoms with Crippen molar-refractivity contribution in [3.63, 3.8) is 0 Å². The zero-order chi connectivity index (χ0) is 7.56. The van der Waals surface area contributed by atoms with Gasteiger partial charge in [0.25, 0.3) is 0 Å². The Morgan fingerprint density at radius 1 is 1.70 bits per heavy atom. The summed E-state index contributed by atoms with van der Waals surface area (Å²) < 4.78 is 12.6. The topological polar surface area (TPSA) is 23.8 Å². The zero-order valence-corrected chi connectivity index (χ0v) is 5.76. The van der Waals surface area contributed by atoms with Crippen LogP contribution >= 0.6 is 0 Å². The molecule has 1 nitrogen and oxygen atoms in total. The zero-order valence-electron chi connectivity index (χ0n) is 5.76. The van der Waals surface area contributed by atoms with Gasteiger partial charge in [0.2, 0.25) is 0 Å². The van der Waals surface area contributed by atoms with Gasteiger partial charge in [0.15, 0.2) is 0 Å². The Balaban J connectivity index is 2.81. The number of hydrogen-bond donors (Lipinski definition) is 0. The third kappa shape index (κ3) is 1.24. The van der Waals surface area contributed by atoms with Crippen LogP contribution in [0.4, 0.5) is 4.39 Å². The molecule has 0 amide bonds. The van der Waals surface area contributed by atoms with E-state index in [1.165, 1.54) is 6.08 Å². The summed E-state index contributed by atoms with van der Waals surface area (Å²) in [6.45, 7) is 1.90. The van der Waals surface area contributed by atoms with Gasteiger partial charge in [-0.1, -0.05) is 11.6 Å². The van der Waals surface area contributed by atoms with Crippen LogP contribution in [0, 0.1) is 17.2 Å². The lowest BCUT2D eigenvalue weighted by Gasteiger charge is -2.10. The van der Waals surface area contributed by atoms with Gasteiger partial charge in [-0.2, -0.15) is 5.26 Å². The van der Waals surface area contributed by atoms with Gasteiger partial charge >= 0.3 is 0 Å². The maximum Gasteiger partial charge on any atom is 0.117 e. The molecule has 1 aliphatic rings. The van der Waals surface area contributed by atoms with Gasteiger partial charge in [-0.15, -0.1) is 0 Å². The van der Waals surface area contributed by atoms with E-state index < -0.39 is 5.92 Å². The smallest absolute Gasteiger partial charge is 0.117 e. The fourth-order valence-electron chi connectivity index (χ4n) is 0.933. The lowest BCUT2D eigenvalue weighted by molar-refractivity contribution is 0.522. The molecule has 0 heterocycles. The monoisotopic (exact) mass is 137 g/mol. The lowest BCUT2D eigenvalue weighted by Crippen LogP contribution is -2.01. The Hall–Kier alpha value is -1.10. The second-order valence-corrected chi connectivity index (χ2v) is 2.45. The molecule has 0 aromatic carbocycles. The summed E-state index contributed by atoms with van der Waals surface area (Å²) in [6, 6.07) is 1.90. The van der Waals surface area contributed by atoms with E-state index in [9.17, 15) is 4.39 Å². The average molecular weight is 137 g/mol. The number of halogens is 1. The molecule has 0 saturated heterocycles. The largest absolute Gasteiger partial charge is 0.210 e. The van der Waals surface area contributed by atoms with Crippen LogP contribution in [0.15, 0.2) is 23.6 Å². The molecule has 0 spiro atoms. The van der Waals surface area contributed by atoms with Gasteiger partial charge in [-0.05, 0) is 19.4 Å². The molecule has 0 aromatic rings. The van der Waals surface area contributed by atoms with E-state index in [1.807, 2.05) is 13.0 Å². The number of rotatable bonds is 0. The van der Waals surface area contributed by atoms with Crippen LogP contribution in [0.5, 0.6) is 0 Å². The Morgan fingerprint density at radius 3 is 2.90 bits per heavy atom. The first kappa shape index (κ1) is 7.01. The molecule has 1 aliphatic carbocycles. The predicted molar refractivity (Wildman–Crippen MR) is 36.7 cm³/mol. The molecule has 2 heteroatoms. The molecule has 52 valence electrons. The van der Waals surface area contributed by atoms with Crippen molar-refractivity contribution < 1.29 is 4.39 Å². The summed E-state index contributed by atoms with van der Waals surface area (Å²) in [7, 11) is 0. The van der Waals surface area contributed by atoms with E-state index in [0.29, 0.717) is 6.42 Å².